The van der Waals surface area contributed by atoms with Crippen LogP contribution >= 0.6 is 0 Å². The summed E-state index contributed by atoms with van der Waals surface area (Å²) in [6.07, 6.45) is 4.93. The second-order valence-corrected chi connectivity index (χ2v) is 7.56. The summed E-state index contributed by atoms with van der Waals surface area (Å²) >= 11 is 0. The van der Waals surface area contributed by atoms with E-state index in [1.54, 1.807) is 0 Å². The molecule has 1 fully saturated rings. The lowest BCUT2D eigenvalue weighted by Gasteiger charge is -2.35. The van der Waals surface area contributed by atoms with E-state index in [1.807, 2.05) is 4.68 Å². The van der Waals surface area contributed by atoms with Crippen LogP contribution in [0, 0.1) is 5.41 Å². The molecule has 0 radical (unpaired) electrons. The molecule has 0 saturated heterocycles. The number of aromatic nitrogens is 4. The molecule has 0 spiro atoms. The van der Waals surface area contributed by atoms with Crippen LogP contribution in [0.3, 0.4) is 0 Å². The molecule has 1 saturated carbocycles. The van der Waals surface area contributed by atoms with Gasteiger partial charge in [-0.1, -0.05) is 20.3 Å². The molecule has 19 heavy (non-hydrogen) atoms. The Morgan fingerprint density at radius 3 is 2.74 bits per heavy atom. The topological polar surface area (TPSA) is 55.6 Å². The Labute approximate surface area is 116 Å². The smallest absolute Gasteiger partial charge is 0.165 e. The fourth-order valence-corrected chi connectivity index (χ4v) is 2.82. The van der Waals surface area contributed by atoms with Gasteiger partial charge in [0.15, 0.2) is 5.82 Å². The quantitative estimate of drug-likeness (QED) is 0.913. The van der Waals surface area contributed by atoms with Crippen LogP contribution in [0.5, 0.6) is 0 Å². The molecule has 1 unspecified atom stereocenters. The maximum Gasteiger partial charge on any atom is 0.165 e. The van der Waals surface area contributed by atoms with Gasteiger partial charge in [0.25, 0.3) is 0 Å². The molecule has 0 aliphatic heterocycles. The number of nitrogens with zero attached hydrogens (tertiary/aromatic N) is 4. The molecule has 1 atom stereocenters. The van der Waals surface area contributed by atoms with Gasteiger partial charge in [0.2, 0.25) is 0 Å². The lowest BCUT2D eigenvalue weighted by Crippen LogP contribution is -2.36. The third kappa shape index (κ3) is 4.00. The molecular weight excluding hydrogens is 238 g/mol. The third-order valence-electron chi connectivity index (χ3n) is 3.86. The summed E-state index contributed by atoms with van der Waals surface area (Å²) in [6.45, 7) is 11.9. The van der Waals surface area contributed by atoms with Gasteiger partial charge in [-0.3, -0.25) is 0 Å². The lowest BCUT2D eigenvalue weighted by molar-refractivity contribution is 0.169. The van der Waals surface area contributed by atoms with Crippen LogP contribution in [0.15, 0.2) is 0 Å². The minimum absolute atomic E-state index is 0.0859. The van der Waals surface area contributed by atoms with Crippen LogP contribution in [-0.2, 0) is 6.54 Å². The zero-order chi connectivity index (χ0) is 14.1. The highest BCUT2D eigenvalue weighted by Gasteiger charge is 2.30. The molecule has 5 heteroatoms. The summed E-state index contributed by atoms with van der Waals surface area (Å²) in [7, 11) is 0. The van der Waals surface area contributed by atoms with E-state index >= 15 is 0 Å². The van der Waals surface area contributed by atoms with Crippen LogP contribution in [0.25, 0.3) is 0 Å². The Morgan fingerprint density at radius 2 is 2.11 bits per heavy atom. The maximum atomic E-state index is 4.22. The van der Waals surface area contributed by atoms with Gasteiger partial charge in [0.1, 0.15) is 0 Å². The molecular formula is C14H27N5. The van der Waals surface area contributed by atoms with Crippen molar-refractivity contribution >= 4 is 0 Å². The first-order valence-corrected chi connectivity index (χ1v) is 7.29. The molecule has 1 aliphatic carbocycles. The van der Waals surface area contributed by atoms with Gasteiger partial charge in [-0.05, 0) is 55.9 Å². The molecule has 0 amide bonds. The van der Waals surface area contributed by atoms with Gasteiger partial charge >= 0.3 is 0 Å². The molecule has 0 bridgehead atoms. The van der Waals surface area contributed by atoms with E-state index in [1.165, 1.54) is 25.7 Å². The molecule has 1 N–H and O–H groups in total. The molecule has 1 aromatic rings. The second-order valence-electron chi connectivity index (χ2n) is 7.56. The Kier molecular flexibility index (Phi) is 3.95. The predicted molar refractivity (Wildman–Crippen MR) is 75.7 cm³/mol. The minimum atomic E-state index is 0.0859. The number of tetrazole rings is 1. The zero-order valence-corrected chi connectivity index (χ0v) is 12.9. The minimum Gasteiger partial charge on any atom is -0.305 e. The number of hydrogen-bond donors (Lipinski definition) is 1. The van der Waals surface area contributed by atoms with Crippen molar-refractivity contribution in [1.82, 2.24) is 25.5 Å². The van der Waals surface area contributed by atoms with Gasteiger partial charge < -0.3 is 5.32 Å². The highest BCUT2D eigenvalue weighted by atomic mass is 15.6. The van der Waals surface area contributed by atoms with E-state index in [9.17, 15) is 0 Å². The van der Waals surface area contributed by atoms with Gasteiger partial charge in [0, 0.05) is 5.54 Å². The average molecular weight is 265 g/mol. The van der Waals surface area contributed by atoms with Crippen LogP contribution in [-0.4, -0.2) is 25.7 Å². The summed E-state index contributed by atoms with van der Waals surface area (Å²) in [5.74, 6) is 0.956. The summed E-state index contributed by atoms with van der Waals surface area (Å²) in [5, 5.41) is 15.7. The Hall–Kier alpha value is -0.970. The van der Waals surface area contributed by atoms with Crippen LogP contribution < -0.4 is 5.32 Å². The van der Waals surface area contributed by atoms with Crippen molar-refractivity contribution in [3.05, 3.63) is 5.82 Å². The first-order chi connectivity index (χ1) is 8.77. The second kappa shape index (κ2) is 5.19. The van der Waals surface area contributed by atoms with Crippen molar-refractivity contribution < 1.29 is 0 Å². The van der Waals surface area contributed by atoms with Crippen LogP contribution in [0.1, 0.15) is 72.2 Å². The van der Waals surface area contributed by atoms with Gasteiger partial charge in [0.05, 0.1) is 12.6 Å². The fourth-order valence-electron chi connectivity index (χ4n) is 2.82. The summed E-state index contributed by atoms with van der Waals surface area (Å²) in [5.41, 5.74) is 0.492. The Balaban J connectivity index is 2.06. The van der Waals surface area contributed by atoms with Crippen molar-refractivity contribution in [2.45, 2.75) is 78.4 Å². The molecule has 1 aromatic heterocycles. The predicted octanol–water partition coefficient (Wildman–Crippen LogP) is 2.70. The number of rotatable bonds is 3. The first kappa shape index (κ1) is 14.4. The van der Waals surface area contributed by atoms with Crippen molar-refractivity contribution in [2.24, 2.45) is 5.41 Å². The summed E-state index contributed by atoms with van der Waals surface area (Å²) in [4.78, 5) is 0. The van der Waals surface area contributed by atoms with E-state index in [-0.39, 0.29) is 5.54 Å². The van der Waals surface area contributed by atoms with E-state index in [0.29, 0.717) is 11.5 Å². The third-order valence-corrected chi connectivity index (χ3v) is 3.86. The largest absolute Gasteiger partial charge is 0.305 e. The molecule has 1 aliphatic rings. The molecule has 2 rings (SSSR count). The lowest BCUT2D eigenvalue weighted by atomic mass is 9.75. The maximum absolute atomic E-state index is 4.22. The molecule has 1 heterocycles. The van der Waals surface area contributed by atoms with Crippen molar-refractivity contribution in [2.75, 3.05) is 0 Å². The van der Waals surface area contributed by atoms with Crippen molar-refractivity contribution in [3.8, 4) is 0 Å². The number of hydrogen-bond acceptors (Lipinski definition) is 4. The van der Waals surface area contributed by atoms with E-state index in [0.717, 1.165) is 12.4 Å². The number of nitrogens with one attached hydrogen (secondary N) is 1. The standard InChI is InChI=1S/C14H27N5/c1-13(2,3)15-10-12-16-17-18-19(12)11-7-6-8-14(4,5)9-11/h11,15H,6-10H2,1-5H3. The summed E-state index contributed by atoms with van der Waals surface area (Å²) < 4.78 is 2.04. The normalized spacial score (nSPS) is 23.5. The molecule has 108 valence electrons. The zero-order valence-electron chi connectivity index (χ0n) is 12.9. The van der Waals surface area contributed by atoms with Crippen molar-refractivity contribution in [3.63, 3.8) is 0 Å². The monoisotopic (exact) mass is 265 g/mol. The average Bonchev–Trinajstić information content (AvgIpc) is 2.72. The van der Waals surface area contributed by atoms with Crippen LogP contribution in [0.2, 0.25) is 0 Å². The van der Waals surface area contributed by atoms with E-state index in [4.69, 9.17) is 0 Å². The first-order valence-electron chi connectivity index (χ1n) is 7.29. The van der Waals surface area contributed by atoms with Crippen LogP contribution in [0.4, 0.5) is 0 Å². The highest BCUT2D eigenvalue weighted by Crippen LogP contribution is 2.40. The molecule has 5 nitrogen and oxygen atoms in total. The van der Waals surface area contributed by atoms with Gasteiger partial charge in [-0.2, -0.15) is 0 Å². The van der Waals surface area contributed by atoms with E-state index in [2.05, 4.69) is 55.5 Å². The fraction of sp³-hybridized carbons (Fsp3) is 0.929. The SMILES string of the molecule is CC1(C)CCCC(n2nnnc2CNC(C)(C)C)C1. The summed E-state index contributed by atoms with van der Waals surface area (Å²) in [6, 6.07) is 0.454. The highest BCUT2D eigenvalue weighted by molar-refractivity contribution is 4.90. The molecule has 0 aromatic carbocycles. The van der Waals surface area contributed by atoms with Crippen molar-refractivity contribution in [1.29, 1.82) is 0 Å². The Bertz CT molecular complexity index is 416. The van der Waals surface area contributed by atoms with Gasteiger partial charge in [-0.25, -0.2) is 4.68 Å². The van der Waals surface area contributed by atoms with E-state index < -0.39 is 0 Å². The van der Waals surface area contributed by atoms with Gasteiger partial charge in [-0.15, -0.1) is 5.10 Å². The Morgan fingerprint density at radius 1 is 1.37 bits per heavy atom.